The molecule has 0 amide bonds. The van der Waals surface area contributed by atoms with E-state index in [1.807, 2.05) is 0 Å². The highest BCUT2D eigenvalue weighted by Crippen LogP contribution is 2.59. The Hall–Kier alpha value is -0.820. The molecule has 0 spiro atoms. The van der Waals surface area contributed by atoms with Gasteiger partial charge >= 0.3 is 0 Å². The maximum Gasteiger partial charge on any atom is 0.0217 e. The normalized spacial score (nSPS) is 46.6. The molecular formula is C23H31N. The van der Waals surface area contributed by atoms with Gasteiger partial charge < -0.3 is 0 Å². The Labute approximate surface area is 146 Å². The average Bonchev–Trinajstić information content (AvgIpc) is 2.60. The van der Waals surface area contributed by atoms with E-state index < -0.39 is 0 Å². The predicted molar refractivity (Wildman–Crippen MR) is 98.1 cm³/mol. The SMILES string of the molecule is c1ccc2c(c1)CCC1CN(C34CC5CC(CC(C5)C3)C4)CCC21. The Kier molecular flexibility index (Phi) is 3.05. The van der Waals surface area contributed by atoms with Gasteiger partial charge in [0.1, 0.15) is 0 Å². The lowest BCUT2D eigenvalue weighted by atomic mass is 9.52. The van der Waals surface area contributed by atoms with Crippen LogP contribution < -0.4 is 0 Å². The molecule has 7 rings (SSSR count). The van der Waals surface area contributed by atoms with Crippen LogP contribution in [-0.2, 0) is 6.42 Å². The number of piperidine rings is 1. The van der Waals surface area contributed by atoms with Crippen LogP contribution >= 0.6 is 0 Å². The van der Waals surface area contributed by atoms with Crippen LogP contribution in [-0.4, -0.2) is 23.5 Å². The lowest BCUT2D eigenvalue weighted by Crippen LogP contribution is -2.62. The number of aryl methyl sites for hydroxylation is 1. The molecule has 2 unspecified atom stereocenters. The second-order valence-electron chi connectivity index (χ2n) is 9.98. The number of hydrogen-bond acceptors (Lipinski definition) is 1. The number of likely N-dealkylation sites (tertiary alicyclic amines) is 1. The first-order valence-electron chi connectivity index (χ1n) is 10.6. The quantitative estimate of drug-likeness (QED) is 0.703. The smallest absolute Gasteiger partial charge is 0.0217 e. The first-order chi connectivity index (χ1) is 11.8. The lowest BCUT2D eigenvalue weighted by Gasteiger charge is -2.62. The van der Waals surface area contributed by atoms with Gasteiger partial charge in [-0.05, 0) is 105 Å². The van der Waals surface area contributed by atoms with Crippen LogP contribution in [0.25, 0.3) is 0 Å². The van der Waals surface area contributed by atoms with Crippen LogP contribution in [0.5, 0.6) is 0 Å². The molecule has 6 aliphatic rings. The molecule has 5 fully saturated rings. The van der Waals surface area contributed by atoms with Gasteiger partial charge in [0.15, 0.2) is 0 Å². The summed E-state index contributed by atoms with van der Waals surface area (Å²) in [6.07, 6.45) is 13.6. The molecule has 0 aromatic heterocycles. The molecule has 128 valence electrons. The van der Waals surface area contributed by atoms with Gasteiger partial charge in [0.05, 0.1) is 0 Å². The summed E-state index contributed by atoms with van der Waals surface area (Å²) in [6.45, 7) is 2.78. The summed E-state index contributed by atoms with van der Waals surface area (Å²) in [5.41, 5.74) is 4.00. The maximum absolute atomic E-state index is 3.03. The van der Waals surface area contributed by atoms with E-state index in [9.17, 15) is 0 Å². The van der Waals surface area contributed by atoms with Gasteiger partial charge in [-0.2, -0.15) is 0 Å². The zero-order chi connectivity index (χ0) is 15.7. The molecule has 4 saturated carbocycles. The molecule has 0 N–H and O–H groups in total. The molecule has 24 heavy (non-hydrogen) atoms. The zero-order valence-corrected chi connectivity index (χ0v) is 14.9. The van der Waals surface area contributed by atoms with Crippen LogP contribution in [0.2, 0.25) is 0 Å². The summed E-state index contributed by atoms with van der Waals surface area (Å²) >= 11 is 0. The molecule has 1 heterocycles. The lowest BCUT2D eigenvalue weighted by molar-refractivity contribution is -0.104. The topological polar surface area (TPSA) is 3.24 Å². The van der Waals surface area contributed by atoms with Crippen LogP contribution in [0, 0.1) is 23.7 Å². The fourth-order valence-electron chi connectivity index (χ4n) is 8.08. The van der Waals surface area contributed by atoms with Gasteiger partial charge in [-0.25, -0.2) is 0 Å². The van der Waals surface area contributed by atoms with Crippen molar-refractivity contribution in [3.05, 3.63) is 35.4 Å². The molecule has 0 radical (unpaired) electrons. The van der Waals surface area contributed by atoms with Crippen molar-refractivity contribution in [3.63, 3.8) is 0 Å². The molecular weight excluding hydrogens is 290 g/mol. The number of fused-ring (bicyclic) bond motifs is 3. The monoisotopic (exact) mass is 321 g/mol. The van der Waals surface area contributed by atoms with Gasteiger partial charge in [0.2, 0.25) is 0 Å². The second kappa shape index (κ2) is 5.10. The summed E-state index contributed by atoms with van der Waals surface area (Å²) < 4.78 is 0. The Morgan fingerprint density at radius 3 is 2.33 bits per heavy atom. The fraction of sp³-hybridized carbons (Fsp3) is 0.739. The van der Waals surface area contributed by atoms with Crippen molar-refractivity contribution in [2.24, 2.45) is 23.7 Å². The van der Waals surface area contributed by atoms with Crippen molar-refractivity contribution in [2.45, 2.75) is 69.2 Å². The third-order valence-corrected chi connectivity index (χ3v) is 8.65. The minimum absolute atomic E-state index is 0.636. The van der Waals surface area contributed by atoms with Gasteiger partial charge in [-0.1, -0.05) is 24.3 Å². The number of hydrogen-bond donors (Lipinski definition) is 0. The van der Waals surface area contributed by atoms with Gasteiger partial charge in [0, 0.05) is 12.1 Å². The van der Waals surface area contributed by atoms with Gasteiger partial charge in [-0.15, -0.1) is 0 Å². The maximum atomic E-state index is 3.03. The average molecular weight is 322 g/mol. The van der Waals surface area contributed by atoms with E-state index in [1.54, 1.807) is 49.7 Å². The van der Waals surface area contributed by atoms with Crippen LogP contribution in [0.15, 0.2) is 24.3 Å². The van der Waals surface area contributed by atoms with Crippen molar-refractivity contribution in [1.82, 2.24) is 4.90 Å². The highest BCUT2D eigenvalue weighted by molar-refractivity contribution is 5.34. The van der Waals surface area contributed by atoms with E-state index in [1.165, 1.54) is 32.4 Å². The van der Waals surface area contributed by atoms with Crippen LogP contribution in [0.1, 0.15) is 68.4 Å². The standard InChI is InChI=1S/C23H31N/c1-2-4-21-19(3-1)5-6-20-15-24(8-7-22(20)21)23-12-16-9-17(13-23)11-18(10-16)14-23/h1-4,16-18,20,22H,5-15H2. The Morgan fingerprint density at radius 2 is 1.58 bits per heavy atom. The molecule has 1 aromatic carbocycles. The summed E-state index contributed by atoms with van der Waals surface area (Å²) in [5, 5.41) is 0. The zero-order valence-electron chi connectivity index (χ0n) is 14.9. The summed E-state index contributed by atoms with van der Waals surface area (Å²) in [5.74, 6) is 5.05. The van der Waals surface area contributed by atoms with E-state index in [0.717, 1.165) is 29.6 Å². The second-order valence-corrected chi connectivity index (χ2v) is 9.98. The van der Waals surface area contributed by atoms with Crippen molar-refractivity contribution >= 4 is 0 Å². The molecule has 4 bridgehead atoms. The van der Waals surface area contributed by atoms with Gasteiger partial charge in [0.25, 0.3) is 0 Å². The highest BCUT2D eigenvalue weighted by atomic mass is 15.2. The third kappa shape index (κ3) is 2.03. The molecule has 1 nitrogen and oxygen atoms in total. The Bertz CT molecular complexity index is 612. The van der Waals surface area contributed by atoms with E-state index in [-0.39, 0.29) is 0 Å². The largest absolute Gasteiger partial charge is 0.297 e. The van der Waals surface area contributed by atoms with Gasteiger partial charge in [-0.3, -0.25) is 4.90 Å². The minimum Gasteiger partial charge on any atom is -0.297 e. The van der Waals surface area contributed by atoms with Crippen molar-refractivity contribution in [3.8, 4) is 0 Å². The summed E-state index contributed by atoms with van der Waals surface area (Å²) in [4.78, 5) is 3.03. The van der Waals surface area contributed by atoms with Crippen LogP contribution in [0.3, 0.4) is 0 Å². The van der Waals surface area contributed by atoms with E-state index >= 15 is 0 Å². The van der Waals surface area contributed by atoms with Crippen LogP contribution in [0.4, 0.5) is 0 Å². The van der Waals surface area contributed by atoms with Crippen molar-refractivity contribution in [2.75, 3.05) is 13.1 Å². The Balaban J connectivity index is 1.27. The first-order valence-corrected chi connectivity index (χ1v) is 10.6. The first kappa shape index (κ1) is 14.4. The van der Waals surface area contributed by atoms with Crippen molar-refractivity contribution < 1.29 is 0 Å². The van der Waals surface area contributed by atoms with Crippen molar-refractivity contribution in [1.29, 1.82) is 0 Å². The minimum atomic E-state index is 0.636. The molecule has 1 heteroatoms. The van der Waals surface area contributed by atoms with E-state index in [2.05, 4.69) is 29.2 Å². The number of rotatable bonds is 1. The fourth-order valence-corrected chi connectivity index (χ4v) is 8.08. The molecule has 1 saturated heterocycles. The highest BCUT2D eigenvalue weighted by Gasteiger charge is 2.54. The molecule has 1 aromatic rings. The summed E-state index contributed by atoms with van der Waals surface area (Å²) in [6, 6.07) is 9.33. The molecule has 5 aliphatic carbocycles. The number of benzene rings is 1. The Morgan fingerprint density at radius 1 is 0.875 bits per heavy atom. The predicted octanol–water partition coefficient (Wildman–Crippen LogP) is 5.01. The van der Waals surface area contributed by atoms with E-state index in [4.69, 9.17) is 0 Å². The molecule has 2 atom stereocenters. The van der Waals surface area contributed by atoms with E-state index in [0.29, 0.717) is 5.54 Å². The number of nitrogens with zero attached hydrogens (tertiary/aromatic N) is 1. The third-order valence-electron chi connectivity index (χ3n) is 8.65. The molecule has 1 aliphatic heterocycles. The summed E-state index contributed by atoms with van der Waals surface area (Å²) in [7, 11) is 0.